The van der Waals surface area contributed by atoms with Gasteiger partial charge in [-0.3, -0.25) is 0 Å². The molecule has 0 radical (unpaired) electrons. The van der Waals surface area contributed by atoms with Gasteiger partial charge < -0.3 is 11.1 Å². The van der Waals surface area contributed by atoms with Gasteiger partial charge in [0.05, 0.1) is 12.1 Å². The SMILES string of the molecule is NCCNC(c1ccc(Br)cc1)c1nnnn1C1CCCCC1. The Morgan fingerprint density at radius 2 is 1.96 bits per heavy atom. The van der Waals surface area contributed by atoms with Crippen molar-refractivity contribution in [1.29, 1.82) is 0 Å². The van der Waals surface area contributed by atoms with Crippen molar-refractivity contribution in [3.63, 3.8) is 0 Å². The molecule has 1 aromatic carbocycles. The third-order valence-corrected chi connectivity index (χ3v) is 4.92. The van der Waals surface area contributed by atoms with E-state index in [0.29, 0.717) is 12.6 Å². The lowest BCUT2D eigenvalue weighted by Crippen LogP contribution is -2.31. The minimum atomic E-state index is -0.0384. The third kappa shape index (κ3) is 3.97. The normalized spacial score (nSPS) is 17.3. The molecule has 3 rings (SSSR count). The highest BCUT2D eigenvalue weighted by Crippen LogP contribution is 2.30. The van der Waals surface area contributed by atoms with Crippen LogP contribution >= 0.6 is 15.9 Å². The van der Waals surface area contributed by atoms with E-state index in [2.05, 4.69) is 48.9 Å². The minimum absolute atomic E-state index is 0.0384. The van der Waals surface area contributed by atoms with E-state index in [1.54, 1.807) is 0 Å². The topological polar surface area (TPSA) is 81.7 Å². The summed E-state index contributed by atoms with van der Waals surface area (Å²) in [6.07, 6.45) is 6.13. The number of aromatic nitrogens is 4. The van der Waals surface area contributed by atoms with E-state index in [-0.39, 0.29) is 6.04 Å². The molecule has 7 heteroatoms. The van der Waals surface area contributed by atoms with Gasteiger partial charge in [0.2, 0.25) is 0 Å². The Morgan fingerprint density at radius 1 is 1.22 bits per heavy atom. The zero-order chi connectivity index (χ0) is 16.1. The van der Waals surface area contributed by atoms with Crippen LogP contribution in [0.15, 0.2) is 28.7 Å². The molecule has 23 heavy (non-hydrogen) atoms. The van der Waals surface area contributed by atoms with Gasteiger partial charge in [-0.05, 0) is 41.0 Å². The first kappa shape index (κ1) is 16.5. The fraction of sp³-hybridized carbons (Fsp3) is 0.562. The number of rotatable bonds is 6. The molecular formula is C16H23BrN6. The summed E-state index contributed by atoms with van der Waals surface area (Å²) in [7, 11) is 0. The molecule has 0 aliphatic heterocycles. The van der Waals surface area contributed by atoms with Gasteiger partial charge >= 0.3 is 0 Å². The summed E-state index contributed by atoms with van der Waals surface area (Å²) >= 11 is 3.49. The lowest BCUT2D eigenvalue weighted by atomic mass is 9.95. The number of hydrogen-bond donors (Lipinski definition) is 2. The minimum Gasteiger partial charge on any atom is -0.329 e. The van der Waals surface area contributed by atoms with Gasteiger partial charge in [0.25, 0.3) is 0 Å². The number of halogens is 1. The van der Waals surface area contributed by atoms with Gasteiger partial charge in [-0.25, -0.2) is 4.68 Å². The molecule has 1 aliphatic rings. The van der Waals surface area contributed by atoms with Crippen LogP contribution < -0.4 is 11.1 Å². The summed E-state index contributed by atoms with van der Waals surface area (Å²) in [5, 5.41) is 16.1. The molecule has 0 spiro atoms. The summed E-state index contributed by atoms with van der Waals surface area (Å²) < 4.78 is 3.08. The van der Waals surface area contributed by atoms with E-state index < -0.39 is 0 Å². The molecule has 1 atom stereocenters. The molecule has 1 saturated carbocycles. The summed E-state index contributed by atoms with van der Waals surface area (Å²) in [5.74, 6) is 0.882. The maximum absolute atomic E-state index is 5.68. The van der Waals surface area contributed by atoms with Crippen molar-refractivity contribution < 1.29 is 0 Å². The molecule has 0 amide bonds. The fourth-order valence-electron chi connectivity index (χ4n) is 3.22. The van der Waals surface area contributed by atoms with Crippen LogP contribution in [-0.4, -0.2) is 33.3 Å². The number of benzene rings is 1. The van der Waals surface area contributed by atoms with Gasteiger partial charge in [0, 0.05) is 17.6 Å². The second kappa shape index (κ2) is 7.99. The molecule has 1 heterocycles. The number of nitrogens with one attached hydrogen (secondary N) is 1. The first-order valence-corrected chi connectivity index (χ1v) is 9.05. The summed E-state index contributed by atoms with van der Waals surface area (Å²) in [6.45, 7) is 1.30. The standard InChI is InChI=1S/C16H23BrN6/c17-13-8-6-12(7-9-13)15(19-11-10-18)16-20-21-22-23(16)14-4-2-1-3-5-14/h6-9,14-15,19H,1-5,10-11,18H2. The van der Waals surface area contributed by atoms with Crippen LogP contribution in [0.1, 0.15) is 55.6 Å². The number of tetrazole rings is 1. The third-order valence-electron chi connectivity index (χ3n) is 4.39. The van der Waals surface area contributed by atoms with Crippen molar-refractivity contribution in [2.24, 2.45) is 5.73 Å². The maximum atomic E-state index is 5.68. The molecule has 0 saturated heterocycles. The van der Waals surface area contributed by atoms with Gasteiger partial charge in [-0.15, -0.1) is 5.10 Å². The van der Waals surface area contributed by atoms with Crippen LogP contribution in [0, 0.1) is 0 Å². The van der Waals surface area contributed by atoms with E-state index >= 15 is 0 Å². The average molecular weight is 379 g/mol. The summed E-state index contributed by atoms with van der Waals surface area (Å²) in [5.41, 5.74) is 6.83. The van der Waals surface area contributed by atoms with E-state index in [1.165, 1.54) is 19.3 Å². The molecule has 2 aromatic rings. The van der Waals surface area contributed by atoms with Crippen molar-refractivity contribution >= 4 is 15.9 Å². The van der Waals surface area contributed by atoms with Crippen LogP contribution in [0.4, 0.5) is 0 Å². The highest BCUT2D eigenvalue weighted by molar-refractivity contribution is 9.10. The van der Waals surface area contributed by atoms with Gasteiger partial charge in [0.15, 0.2) is 5.82 Å². The smallest absolute Gasteiger partial charge is 0.173 e. The zero-order valence-electron chi connectivity index (χ0n) is 13.2. The van der Waals surface area contributed by atoms with Crippen LogP contribution in [0.2, 0.25) is 0 Å². The maximum Gasteiger partial charge on any atom is 0.173 e. The van der Waals surface area contributed by atoms with Gasteiger partial charge in [-0.2, -0.15) is 0 Å². The van der Waals surface area contributed by atoms with Crippen LogP contribution in [0.25, 0.3) is 0 Å². The Labute approximate surface area is 145 Å². The molecule has 1 aliphatic carbocycles. The van der Waals surface area contributed by atoms with Crippen LogP contribution in [0.3, 0.4) is 0 Å². The molecule has 124 valence electrons. The van der Waals surface area contributed by atoms with Crippen molar-refractivity contribution in [3.05, 3.63) is 40.1 Å². The van der Waals surface area contributed by atoms with E-state index in [4.69, 9.17) is 5.73 Å². The van der Waals surface area contributed by atoms with Crippen LogP contribution in [-0.2, 0) is 0 Å². The van der Waals surface area contributed by atoms with E-state index in [0.717, 1.165) is 35.2 Å². The molecular weight excluding hydrogens is 356 g/mol. The quantitative estimate of drug-likeness (QED) is 0.806. The summed E-state index contributed by atoms with van der Waals surface area (Å²) in [6, 6.07) is 8.65. The lowest BCUT2D eigenvalue weighted by Gasteiger charge is -2.25. The highest BCUT2D eigenvalue weighted by Gasteiger charge is 2.25. The molecule has 6 nitrogen and oxygen atoms in total. The number of nitrogens with two attached hydrogens (primary N) is 1. The second-order valence-corrected chi connectivity index (χ2v) is 6.92. The number of hydrogen-bond acceptors (Lipinski definition) is 5. The largest absolute Gasteiger partial charge is 0.329 e. The lowest BCUT2D eigenvalue weighted by molar-refractivity contribution is 0.311. The first-order valence-electron chi connectivity index (χ1n) is 8.26. The Bertz CT molecular complexity index is 605. The monoisotopic (exact) mass is 378 g/mol. The Kier molecular flexibility index (Phi) is 5.75. The van der Waals surface area contributed by atoms with E-state index in [9.17, 15) is 0 Å². The second-order valence-electron chi connectivity index (χ2n) is 6.00. The first-order chi connectivity index (χ1) is 11.3. The van der Waals surface area contributed by atoms with E-state index in [1.807, 2.05) is 16.8 Å². The molecule has 1 aromatic heterocycles. The zero-order valence-corrected chi connectivity index (χ0v) is 14.7. The highest BCUT2D eigenvalue weighted by atomic mass is 79.9. The van der Waals surface area contributed by atoms with Crippen molar-refractivity contribution in [1.82, 2.24) is 25.5 Å². The fourth-order valence-corrected chi connectivity index (χ4v) is 3.48. The van der Waals surface area contributed by atoms with Gasteiger partial charge in [-0.1, -0.05) is 47.3 Å². The number of nitrogens with zero attached hydrogens (tertiary/aromatic N) is 4. The molecule has 0 bridgehead atoms. The Hall–Kier alpha value is -1.31. The average Bonchev–Trinajstić information content (AvgIpc) is 3.07. The molecule has 1 fully saturated rings. The Balaban J connectivity index is 1.90. The molecule has 3 N–H and O–H groups in total. The Morgan fingerprint density at radius 3 is 2.65 bits per heavy atom. The molecule has 1 unspecified atom stereocenters. The van der Waals surface area contributed by atoms with Crippen molar-refractivity contribution in [2.45, 2.75) is 44.2 Å². The van der Waals surface area contributed by atoms with Gasteiger partial charge in [0.1, 0.15) is 0 Å². The van der Waals surface area contributed by atoms with Crippen LogP contribution in [0.5, 0.6) is 0 Å². The predicted octanol–water partition coefficient (Wildman–Crippen LogP) is 2.58. The van der Waals surface area contributed by atoms with Crippen molar-refractivity contribution in [3.8, 4) is 0 Å². The summed E-state index contributed by atoms with van der Waals surface area (Å²) in [4.78, 5) is 0. The predicted molar refractivity (Wildman–Crippen MR) is 93.0 cm³/mol. The van der Waals surface area contributed by atoms with Crippen molar-refractivity contribution in [2.75, 3.05) is 13.1 Å².